The van der Waals surface area contributed by atoms with Gasteiger partial charge in [0, 0.05) is 31.2 Å². The first-order chi connectivity index (χ1) is 18.3. The number of ether oxygens (including phenoxy) is 1. The fraction of sp³-hybridized carbons (Fsp3) is 0.200. The topological polar surface area (TPSA) is 96.0 Å². The molecule has 1 heterocycles. The summed E-state index contributed by atoms with van der Waals surface area (Å²) in [5, 5.41) is 0.525. The first-order valence-electron chi connectivity index (χ1n) is 11.4. The molecule has 0 saturated carbocycles. The van der Waals surface area contributed by atoms with E-state index < -0.39 is 28.0 Å². The minimum Gasteiger partial charge on any atom is -0.456 e. The number of hydrogen-bond donors (Lipinski definition) is 1. The number of sulfonamides is 1. The maximum absolute atomic E-state index is 13.2. The van der Waals surface area contributed by atoms with Gasteiger partial charge >= 0.3 is 12.1 Å². The van der Waals surface area contributed by atoms with Gasteiger partial charge in [-0.1, -0.05) is 35.3 Å². The molecule has 14 heteroatoms. The predicted octanol–water partition coefficient (Wildman–Crippen LogP) is 5.43. The zero-order chi connectivity index (χ0) is 28.4. The van der Waals surface area contributed by atoms with Crippen LogP contribution in [0.25, 0.3) is 0 Å². The molecule has 0 atom stereocenters. The fourth-order valence-corrected chi connectivity index (χ4v) is 5.22. The molecule has 8 nitrogen and oxygen atoms in total. The van der Waals surface area contributed by atoms with Gasteiger partial charge in [-0.15, -0.1) is 0 Å². The summed E-state index contributed by atoms with van der Waals surface area (Å²) in [7, 11) is -4.17. The third-order valence-corrected chi connectivity index (χ3v) is 7.68. The summed E-state index contributed by atoms with van der Waals surface area (Å²) >= 11 is 12.1. The number of halogens is 5. The van der Waals surface area contributed by atoms with E-state index in [2.05, 4.69) is 4.72 Å². The molecular formula is C25H20Cl2F3N3O5S. The van der Waals surface area contributed by atoms with E-state index in [4.69, 9.17) is 27.9 Å². The Morgan fingerprint density at radius 1 is 0.872 bits per heavy atom. The van der Waals surface area contributed by atoms with Crippen LogP contribution in [0.4, 0.5) is 18.9 Å². The van der Waals surface area contributed by atoms with Crippen LogP contribution < -0.4 is 9.46 Å². The average Bonchev–Trinajstić information content (AvgIpc) is 2.90. The molecule has 0 radical (unpaired) electrons. The van der Waals surface area contributed by atoms with Crippen molar-refractivity contribution in [3.8, 4) is 11.5 Å². The number of nitrogens with zero attached hydrogens (tertiary/aromatic N) is 2. The first kappa shape index (κ1) is 28.5. The van der Waals surface area contributed by atoms with Crippen LogP contribution in [0.5, 0.6) is 11.5 Å². The molecule has 1 N–H and O–H groups in total. The smallest absolute Gasteiger partial charge is 0.456 e. The Kier molecular flexibility index (Phi) is 8.28. The van der Waals surface area contributed by atoms with Crippen LogP contribution in [0, 0.1) is 0 Å². The van der Waals surface area contributed by atoms with Crippen LogP contribution in [0.15, 0.2) is 71.6 Å². The number of amides is 2. The summed E-state index contributed by atoms with van der Waals surface area (Å²) in [6, 6.07) is 16.2. The summed E-state index contributed by atoms with van der Waals surface area (Å²) in [5.74, 6) is -1.90. The molecule has 206 valence electrons. The van der Waals surface area contributed by atoms with Crippen LogP contribution in [-0.4, -0.2) is 62.4 Å². The Labute approximate surface area is 231 Å². The van der Waals surface area contributed by atoms with E-state index in [1.54, 1.807) is 24.3 Å². The highest BCUT2D eigenvalue weighted by Crippen LogP contribution is 2.30. The Morgan fingerprint density at radius 3 is 2.10 bits per heavy atom. The fourth-order valence-electron chi connectivity index (χ4n) is 3.79. The Hall–Kier alpha value is -3.48. The van der Waals surface area contributed by atoms with Crippen LogP contribution in [0.2, 0.25) is 10.0 Å². The highest BCUT2D eigenvalue weighted by Gasteiger charge is 2.43. The van der Waals surface area contributed by atoms with E-state index in [-0.39, 0.29) is 47.3 Å². The van der Waals surface area contributed by atoms with Gasteiger partial charge in [0.15, 0.2) is 0 Å². The number of rotatable bonds is 6. The van der Waals surface area contributed by atoms with Crippen molar-refractivity contribution in [1.82, 2.24) is 9.80 Å². The molecular weight excluding hydrogens is 582 g/mol. The molecule has 3 aromatic carbocycles. The molecule has 0 aromatic heterocycles. The highest BCUT2D eigenvalue weighted by molar-refractivity contribution is 7.92. The van der Waals surface area contributed by atoms with Gasteiger partial charge in [-0.2, -0.15) is 13.2 Å². The van der Waals surface area contributed by atoms with E-state index >= 15 is 0 Å². The van der Waals surface area contributed by atoms with Crippen LogP contribution in [-0.2, 0) is 14.8 Å². The van der Waals surface area contributed by atoms with Crippen LogP contribution in [0.1, 0.15) is 10.4 Å². The average molecular weight is 602 g/mol. The SMILES string of the molecule is O=C(c1cc(Cl)ccc1NS(=O)(=O)c1ccc(Oc2ccccc2Cl)cc1)N1CCN(C(=O)C(F)(F)F)CC1. The number of carbonyl (C=O) groups is 2. The van der Waals surface area contributed by atoms with Gasteiger partial charge in [-0.25, -0.2) is 8.42 Å². The Bertz CT molecular complexity index is 1490. The van der Waals surface area contributed by atoms with Crippen molar-refractivity contribution in [2.45, 2.75) is 11.1 Å². The lowest BCUT2D eigenvalue weighted by molar-refractivity contribution is -0.186. The third kappa shape index (κ3) is 6.75. The Balaban J connectivity index is 1.49. The van der Waals surface area contributed by atoms with Crippen molar-refractivity contribution in [2.75, 3.05) is 30.9 Å². The lowest BCUT2D eigenvalue weighted by atomic mass is 10.1. The number of carbonyl (C=O) groups excluding carboxylic acids is 2. The maximum Gasteiger partial charge on any atom is 0.471 e. The van der Waals surface area contributed by atoms with E-state index in [0.717, 1.165) is 0 Å². The van der Waals surface area contributed by atoms with Crippen molar-refractivity contribution in [2.24, 2.45) is 0 Å². The minimum absolute atomic E-state index is 0.0745. The van der Waals surface area contributed by atoms with Gasteiger partial charge < -0.3 is 14.5 Å². The Morgan fingerprint density at radius 2 is 1.49 bits per heavy atom. The van der Waals surface area contributed by atoms with Gasteiger partial charge in [0.2, 0.25) is 0 Å². The molecule has 1 aliphatic heterocycles. The van der Waals surface area contributed by atoms with Gasteiger partial charge in [0.1, 0.15) is 11.5 Å². The molecule has 3 aromatic rings. The molecule has 0 bridgehead atoms. The predicted molar refractivity (Wildman–Crippen MR) is 139 cm³/mol. The summed E-state index contributed by atoms with van der Waals surface area (Å²) in [6.45, 7) is -0.999. The number of piperazine rings is 1. The second-order valence-electron chi connectivity index (χ2n) is 8.38. The van der Waals surface area contributed by atoms with Gasteiger partial charge in [-0.3, -0.25) is 14.3 Å². The minimum atomic E-state index is -5.01. The van der Waals surface area contributed by atoms with Crippen molar-refractivity contribution < 1.29 is 35.9 Å². The molecule has 1 fully saturated rings. The van der Waals surface area contributed by atoms with Crippen molar-refractivity contribution in [3.05, 3.63) is 82.3 Å². The summed E-state index contributed by atoms with van der Waals surface area (Å²) in [5.41, 5.74) is -0.171. The lowest BCUT2D eigenvalue weighted by Crippen LogP contribution is -2.53. The molecule has 39 heavy (non-hydrogen) atoms. The van der Waals surface area contributed by atoms with Crippen molar-refractivity contribution in [1.29, 1.82) is 0 Å². The number of hydrogen-bond acceptors (Lipinski definition) is 5. The standard InChI is InChI=1S/C25H20Cl2F3N3O5S/c26-16-5-10-21(19(15-16)23(34)32-11-13-33(14-12-32)24(35)25(28,29)30)31-39(36,37)18-8-6-17(7-9-18)38-22-4-2-1-3-20(22)27/h1-10,15,31H,11-14H2. The molecule has 4 rings (SSSR count). The third-order valence-electron chi connectivity index (χ3n) is 5.75. The second-order valence-corrected chi connectivity index (χ2v) is 10.9. The number of alkyl halides is 3. The maximum atomic E-state index is 13.2. The molecule has 2 amide bonds. The van der Waals surface area contributed by atoms with Crippen molar-refractivity contribution >= 4 is 50.7 Å². The van der Waals surface area contributed by atoms with E-state index in [1.807, 2.05) is 0 Å². The highest BCUT2D eigenvalue weighted by atomic mass is 35.5. The molecule has 1 aliphatic rings. The van der Waals surface area contributed by atoms with Gasteiger partial charge in [-0.05, 0) is 54.6 Å². The summed E-state index contributed by atoms with van der Waals surface area (Å²) in [4.78, 5) is 26.4. The van der Waals surface area contributed by atoms with Gasteiger partial charge in [0.25, 0.3) is 15.9 Å². The molecule has 0 spiro atoms. The monoisotopic (exact) mass is 601 g/mol. The number of nitrogens with one attached hydrogen (secondary N) is 1. The number of benzene rings is 3. The first-order valence-corrected chi connectivity index (χ1v) is 13.6. The van der Waals surface area contributed by atoms with Crippen LogP contribution in [0.3, 0.4) is 0 Å². The zero-order valence-corrected chi connectivity index (χ0v) is 22.2. The second kappa shape index (κ2) is 11.3. The number of anilines is 1. The normalized spacial score (nSPS) is 14.2. The van der Waals surface area contributed by atoms with Crippen molar-refractivity contribution in [3.63, 3.8) is 0 Å². The summed E-state index contributed by atoms with van der Waals surface area (Å²) < 4.78 is 72.4. The largest absolute Gasteiger partial charge is 0.471 e. The zero-order valence-electron chi connectivity index (χ0n) is 19.9. The lowest BCUT2D eigenvalue weighted by Gasteiger charge is -2.35. The summed E-state index contributed by atoms with van der Waals surface area (Å²) in [6.07, 6.45) is -5.01. The molecule has 1 saturated heterocycles. The van der Waals surface area contributed by atoms with Crippen LogP contribution >= 0.6 is 23.2 Å². The molecule has 0 aliphatic carbocycles. The van der Waals surface area contributed by atoms with Gasteiger partial charge in [0.05, 0.1) is 21.2 Å². The van der Waals surface area contributed by atoms with E-state index in [9.17, 15) is 31.2 Å². The van der Waals surface area contributed by atoms with E-state index in [0.29, 0.717) is 21.4 Å². The molecule has 0 unspecified atom stereocenters. The van der Waals surface area contributed by atoms with E-state index in [1.165, 1.54) is 47.4 Å². The number of para-hydroxylation sites is 1. The quantitative estimate of drug-likeness (QED) is 0.406.